The number of aliphatic imine (C=N–C) groups is 1. The third-order valence-corrected chi connectivity index (χ3v) is 3.38. The van der Waals surface area contributed by atoms with Gasteiger partial charge >= 0.3 is 6.36 Å². The maximum atomic E-state index is 13.0. The topological polar surface area (TPSA) is 90.7 Å². The molecule has 1 amide bonds. The summed E-state index contributed by atoms with van der Waals surface area (Å²) in [7, 11) is 0. The molecule has 0 bridgehead atoms. The molecule has 0 spiro atoms. The Morgan fingerprint density at radius 1 is 1.12 bits per heavy atom. The van der Waals surface area contributed by atoms with Crippen molar-refractivity contribution < 1.29 is 27.1 Å². The van der Waals surface area contributed by atoms with Crippen LogP contribution < -0.4 is 16.2 Å². The van der Waals surface area contributed by atoms with Crippen LogP contribution in [0, 0.1) is 5.82 Å². The van der Waals surface area contributed by atoms with E-state index in [1.165, 1.54) is 36.4 Å². The third-order valence-electron chi connectivity index (χ3n) is 3.38. The van der Waals surface area contributed by atoms with E-state index in [-0.39, 0.29) is 12.0 Å². The molecule has 9 heteroatoms. The van der Waals surface area contributed by atoms with Gasteiger partial charge in [-0.15, -0.1) is 13.2 Å². The van der Waals surface area contributed by atoms with E-state index in [1.807, 2.05) is 0 Å². The van der Waals surface area contributed by atoms with Crippen molar-refractivity contribution in [2.24, 2.45) is 16.5 Å². The summed E-state index contributed by atoms with van der Waals surface area (Å²) in [6.45, 7) is 0. The molecule has 0 radical (unpaired) electrons. The lowest BCUT2D eigenvalue weighted by Crippen LogP contribution is -2.26. The van der Waals surface area contributed by atoms with Gasteiger partial charge in [0.2, 0.25) is 0 Å². The Labute approximate surface area is 146 Å². The molecule has 0 saturated carbocycles. The van der Waals surface area contributed by atoms with Crippen molar-refractivity contribution in [2.45, 2.75) is 18.7 Å². The van der Waals surface area contributed by atoms with E-state index in [0.29, 0.717) is 5.56 Å². The van der Waals surface area contributed by atoms with Crippen molar-refractivity contribution in [1.82, 2.24) is 0 Å². The predicted octanol–water partition coefficient (Wildman–Crippen LogP) is 2.85. The fraction of sp³-hybridized carbons (Fsp3) is 0.176. The molecule has 4 N–H and O–H groups in total. The molecule has 2 rings (SSSR count). The average Bonchev–Trinajstić information content (AvgIpc) is 2.52. The summed E-state index contributed by atoms with van der Waals surface area (Å²) in [6, 6.07) is 10.3. The number of hydrogen-bond donors (Lipinski definition) is 2. The van der Waals surface area contributed by atoms with E-state index >= 15 is 0 Å². The SMILES string of the molecule is NC(N)=NC(=O)[C@H](Cc1ccc(F)cc1)c1cccc(OC(F)(F)F)c1. The minimum atomic E-state index is -4.87. The molecule has 0 unspecified atom stereocenters. The van der Waals surface area contributed by atoms with Crippen LogP contribution in [0.3, 0.4) is 0 Å². The number of rotatable bonds is 5. The van der Waals surface area contributed by atoms with Gasteiger partial charge in [-0.05, 0) is 41.8 Å². The number of guanidine groups is 1. The van der Waals surface area contributed by atoms with Gasteiger partial charge in [0, 0.05) is 0 Å². The zero-order chi connectivity index (χ0) is 19.3. The summed E-state index contributed by atoms with van der Waals surface area (Å²) in [5.74, 6) is -3.11. The Morgan fingerprint density at radius 2 is 1.77 bits per heavy atom. The van der Waals surface area contributed by atoms with E-state index in [2.05, 4.69) is 9.73 Å². The summed E-state index contributed by atoms with van der Waals surface area (Å²) in [4.78, 5) is 15.8. The number of alkyl halides is 3. The number of nitrogens with two attached hydrogens (primary N) is 2. The number of carbonyl (C=O) groups is 1. The lowest BCUT2D eigenvalue weighted by atomic mass is 9.91. The first-order valence-corrected chi connectivity index (χ1v) is 7.37. The van der Waals surface area contributed by atoms with Crippen LogP contribution in [-0.2, 0) is 11.2 Å². The van der Waals surface area contributed by atoms with E-state index in [9.17, 15) is 22.4 Å². The van der Waals surface area contributed by atoms with Gasteiger partial charge in [-0.1, -0.05) is 24.3 Å². The Kier molecular flexibility index (Phi) is 5.81. The number of nitrogens with zero attached hydrogens (tertiary/aromatic N) is 1. The van der Waals surface area contributed by atoms with Crippen LogP contribution in [0.2, 0.25) is 0 Å². The van der Waals surface area contributed by atoms with Gasteiger partial charge in [-0.2, -0.15) is 4.99 Å². The zero-order valence-corrected chi connectivity index (χ0v) is 13.3. The molecule has 1 atom stereocenters. The highest BCUT2D eigenvalue weighted by Gasteiger charge is 2.31. The van der Waals surface area contributed by atoms with Gasteiger partial charge < -0.3 is 16.2 Å². The van der Waals surface area contributed by atoms with Gasteiger partial charge in [-0.3, -0.25) is 4.79 Å². The summed E-state index contributed by atoms with van der Waals surface area (Å²) in [6.07, 6.45) is -4.81. The lowest BCUT2D eigenvalue weighted by Gasteiger charge is -2.16. The minimum Gasteiger partial charge on any atom is -0.406 e. The molecule has 26 heavy (non-hydrogen) atoms. The van der Waals surface area contributed by atoms with E-state index in [1.54, 1.807) is 0 Å². The van der Waals surface area contributed by atoms with Crippen LogP contribution in [0.1, 0.15) is 17.0 Å². The Morgan fingerprint density at radius 3 is 2.35 bits per heavy atom. The van der Waals surface area contributed by atoms with Crippen LogP contribution in [0.15, 0.2) is 53.5 Å². The summed E-state index contributed by atoms with van der Waals surface area (Å²) >= 11 is 0. The van der Waals surface area contributed by atoms with Crippen LogP contribution in [0.25, 0.3) is 0 Å². The normalized spacial score (nSPS) is 12.3. The summed E-state index contributed by atoms with van der Waals surface area (Å²) in [5.41, 5.74) is 11.2. The fourth-order valence-electron chi connectivity index (χ4n) is 2.34. The second-order valence-electron chi connectivity index (χ2n) is 5.38. The van der Waals surface area contributed by atoms with Crippen molar-refractivity contribution in [3.63, 3.8) is 0 Å². The molecule has 0 aliphatic heterocycles. The molecule has 0 aliphatic carbocycles. The van der Waals surface area contributed by atoms with Crippen molar-refractivity contribution in [1.29, 1.82) is 0 Å². The second kappa shape index (κ2) is 7.85. The standard InChI is InChI=1S/C17H15F4N3O2/c18-12-6-4-10(5-7-12)8-14(15(25)24-16(22)23)11-2-1-3-13(9-11)26-17(19,20)21/h1-7,9,14H,8H2,(H4,22,23,24,25)/t14-/m1/s1. The number of hydrogen-bond acceptors (Lipinski definition) is 2. The highest BCUT2D eigenvalue weighted by atomic mass is 19.4. The van der Waals surface area contributed by atoms with Gasteiger partial charge in [-0.25, -0.2) is 4.39 Å². The summed E-state index contributed by atoms with van der Waals surface area (Å²) < 4.78 is 54.1. The smallest absolute Gasteiger partial charge is 0.406 e. The first-order valence-electron chi connectivity index (χ1n) is 7.37. The molecular formula is C17H15F4N3O2. The fourth-order valence-corrected chi connectivity index (χ4v) is 2.34. The maximum Gasteiger partial charge on any atom is 0.573 e. The number of ether oxygens (including phenoxy) is 1. The highest BCUT2D eigenvalue weighted by Crippen LogP contribution is 2.29. The number of benzene rings is 2. The quantitative estimate of drug-likeness (QED) is 0.482. The van der Waals surface area contributed by atoms with E-state index < -0.39 is 35.7 Å². The first-order chi connectivity index (χ1) is 12.1. The van der Waals surface area contributed by atoms with Crippen LogP contribution in [0.5, 0.6) is 5.75 Å². The number of amides is 1. The molecule has 5 nitrogen and oxygen atoms in total. The van der Waals surface area contributed by atoms with Crippen LogP contribution in [0.4, 0.5) is 17.6 Å². The molecule has 0 saturated heterocycles. The Balaban J connectivity index is 2.37. The average molecular weight is 369 g/mol. The molecule has 0 aromatic heterocycles. The van der Waals surface area contributed by atoms with Crippen molar-refractivity contribution in [2.75, 3.05) is 0 Å². The number of carbonyl (C=O) groups excluding carboxylic acids is 1. The molecule has 0 heterocycles. The van der Waals surface area contributed by atoms with Crippen LogP contribution >= 0.6 is 0 Å². The zero-order valence-electron chi connectivity index (χ0n) is 13.3. The first kappa shape index (κ1) is 19.2. The Hall–Kier alpha value is -3.10. The summed E-state index contributed by atoms with van der Waals surface area (Å²) in [5, 5.41) is 0. The van der Waals surface area contributed by atoms with Gasteiger partial charge in [0.25, 0.3) is 5.91 Å². The maximum absolute atomic E-state index is 13.0. The van der Waals surface area contributed by atoms with Crippen LogP contribution in [-0.4, -0.2) is 18.2 Å². The van der Waals surface area contributed by atoms with Gasteiger partial charge in [0.05, 0.1) is 5.92 Å². The van der Waals surface area contributed by atoms with E-state index in [0.717, 1.165) is 12.1 Å². The van der Waals surface area contributed by atoms with Crippen molar-refractivity contribution in [3.8, 4) is 5.75 Å². The monoisotopic (exact) mass is 369 g/mol. The van der Waals surface area contributed by atoms with Gasteiger partial charge in [0.1, 0.15) is 11.6 Å². The van der Waals surface area contributed by atoms with Crippen molar-refractivity contribution in [3.05, 3.63) is 65.5 Å². The molecule has 0 fully saturated rings. The molecule has 0 aliphatic rings. The van der Waals surface area contributed by atoms with Crippen molar-refractivity contribution >= 4 is 11.9 Å². The number of halogens is 4. The minimum absolute atomic E-state index is 0.0609. The largest absolute Gasteiger partial charge is 0.573 e. The Bertz CT molecular complexity index is 800. The van der Waals surface area contributed by atoms with E-state index in [4.69, 9.17) is 11.5 Å². The highest BCUT2D eigenvalue weighted by molar-refractivity contribution is 5.95. The molecule has 2 aromatic carbocycles. The second-order valence-corrected chi connectivity index (χ2v) is 5.38. The molecular weight excluding hydrogens is 354 g/mol. The lowest BCUT2D eigenvalue weighted by molar-refractivity contribution is -0.274. The van der Waals surface area contributed by atoms with Gasteiger partial charge in [0.15, 0.2) is 5.96 Å². The predicted molar refractivity (Wildman–Crippen MR) is 86.8 cm³/mol. The third kappa shape index (κ3) is 5.76. The molecule has 2 aromatic rings. The molecule has 138 valence electrons.